The summed E-state index contributed by atoms with van der Waals surface area (Å²) in [5, 5.41) is 8.49. The molecule has 0 saturated heterocycles. The number of ketones is 1. The molecule has 1 aliphatic heterocycles. The molecule has 1 heterocycles. The quantitative estimate of drug-likeness (QED) is 0.609. The van der Waals surface area contributed by atoms with Gasteiger partial charge in [0.25, 0.3) is 5.78 Å². The molecular formula is C10H6F2O4. The van der Waals surface area contributed by atoms with Crippen LogP contribution in [0.1, 0.15) is 15.9 Å². The molecule has 84 valence electrons. The third kappa shape index (κ3) is 1.42. The van der Waals surface area contributed by atoms with Crippen LogP contribution in [0, 0.1) is 11.6 Å². The van der Waals surface area contributed by atoms with Gasteiger partial charge in [0.2, 0.25) is 0 Å². The summed E-state index contributed by atoms with van der Waals surface area (Å²) < 4.78 is 31.4. The zero-order valence-corrected chi connectivity index (χ0v) is 7.92. The Morgan fingerprint density at radius 3 is 2.62 bits per heavy atom. The summed E-state index contributed by atoms with van der Waals surface area (Å²) in [4.78, 5) is 21.7. The highest BCUT2D eigenvalue weighted by Gasteiger charge is 2.31. The molecule has 0 fully saturated rings. The maximum absolute atomic E-state index is 13.3. The summed E-state index contributed by atoms with van der Waals surface area (Å²) in [6, 6.07) is 0.504. The molecule has 0 atom stereocenters. The second-order valence-electron chi connectivity index (χ2n) is 3.26. The topological polar surface area (TPSA) is 63.6 Å². The van der Waals surface area contributed by atoms with Gasteiger partial charge in [-0.15, -0.1) is 0 Å². The van der Waals surface area contributed by atoms with Crippen LogP contribution in [0.3, 0.4) is 0 Å². The van der Waals surface area contributed by atoms with Gasteiger partial charge in [0.05, 0.1) is 6.61 Å². The van der Waals surface area contributed by atoms with E-state index < -0.39 is 29.0 Å². The third-order valence-corrected chi connectivity index (χ3v) is 2.30. The molecule has 4 nitrogen and oxygen atoms in total. The molecule has 1 aliphatic rings. The molecule has 0 bridgehead atoms. The van der Waals surface area contributed by atoms with E-state index >= 15 is 0 Å². The molecular weight excluding hydrogens is 222 g/mol. The molecule has 0 aliphatic carbocycles. The van der Waals surface area contributed by atoms with Gasteiger partial charge in [-0.2, -0.15) is 0 Å². The zero-order valence-electron chi connectivity index (χ0n) is 7.92. The van der Waals surface area contributed by atoms with Crippen LogP contribution in [0.5, 0.6) is 5.75 Å². The largest absolute Gasteiger partial charge is 0.492 e. The van der Waals surface area contributed by atoms with Gasteiger partial charge in [0.1, 0.15) is 22.9 Å². The fourth-order valence-electron chi connectivity index (χ4n) is 1.60. The number of benzene rings is 1. The van der Waals surface area contributed by atoms with Crippen LogP contribution < -0.4 is 4.74 Å². The van der Waals surface area contributed by atoms with Crippen molar-refractivity contribution >= 4 is 11.8 Å². The van der Waals surface area contributed by atoms with Crippen LogP contribution in [0.15, 0.2) is 6.07 Å². The number of hydrogen-bond acceptors (Lipinski definition) is 3. The number of ether oxygens (including phenoxy) is 1. The van der Waals surface area contributed by atoms with Crippen LogP contribution in [0.4, 0.5) is 8.78 Å². The van der Waals surface area contributed by atoms with Crippen molar-refractivity contribution in [3.63, 3.8) is 0 Å². The van der Waals surface area contributed by atoms with Crippen molar-refractivity contribution in [3.05, 3.63) is 28.8 Å². The van der Waals surface area contributed by atoms with Crippen LogP contribution in [-0.2, 0) is 11.2 Å². The molecule has 0 radical (unpaired) electrons. The molecule has 1 aromatic carbocycles. The Labute approximate surface area is 88.4 Å². The minimum Gasteiger partial charge on any atom is -0.492 e. The van der Waals surface area contributed by atoms with Gasteiger partial charge < -0.3 is 9.84 Å². The summed E-state index contributed by atoms with van der Waals surface area (Å²) in [7, 11) is 0. The number of Topliss-reactive ketones (excluding diaryl/α,β-unsaturated/α-hetero) is 1. The Balaban J connectivity index is 2.66. The first-order valence-corrected chi connectivity index (χ1v) is 4.43. The predicted molar refractivity (Wildman–Crippen MR) is 47.5 cm³/mol. The predicted octanol–water partition coefficient (Wildman–Crippen LogP) is 1.17. The van der Waals surface area contributed by atoms with Gasteiger partial charge in [-0.05, 0) is 0 Å². The molecule has 1 aromatic rings. The number of carboxylic acids is 1. The van der Waals surface area contributed by atoms with Gasteiger partial charge in [-0.3, -0.25) is 4.79 Å². The first kappa shape index (κ1) is 10.5. The minimum atomic E-state index is -1.80. The van der Waals surface area contributed by atoms with E-state index in [2.05, 4.69) is 0 Å². The Kier molecular flexibility index (Phi) is 2.34. The minimum absolute atomic E-state index is 0.0472. The molecule has 6 heteroatoms. The Morgan fingerprint density at radius 2 is 2.00 bits per heavy atom. The van der Waals surface area contributed by atoms with Gasteiger partial charge in [-0.1, -0.05) is 0 Å². The fraction of sp³-hybridized carbons (Fsp3) is 0.200. The van der Waals surface area contributed by atoms with E-state index in [1.165, 1.54) is 0 Å². The number of aliphatic carboxylic acids is 1. The first-order valence-electron chi connectivity index (χ1n) is 4.43. The summed E-state index contributed by atoms with van der Waals surface area (Å²) in [6.45, 7) is 0.107. The summed E-state index contributed by atoms with van der Waals surface area (Å²) in [5.41, 5.74) is -0.660. The highest BCUT2D eigenvalue weighted by Crippen LogP contribution is 2.34. The lowest BCUT2D eigenvalue weighted by atomic mass is 10.0. The average Bonchev–Trinajstić information content (AvgIpc) is 2.66. The van der Waals surface area contributed by atoms with Crippen molar-refractivity contribution in [3.8, 4) is 5.75 Å². The lowest BCUT2D eigenvalue weighted by Gasteiger charge is -2.06. The molecule has 0 unspecified atom stereocenters. The van der Waals surface area contributed by atoms with Crippen LogP contribution >= 0.6 is 0 Å². The summed E-state index contributed by atoms with van der Waals surface area (Å²) in [6.07, 6.45) is 0.196. The molecule has 0 aromatic heterocycles. The first-order chi connectivity index (χ1) is 7.52. The van der Waals surface area contributed by atoms with E-state index in [4.69, 9.17) is 9.84 Å². The van der Waals surface area contributed by atoms with Crippen molar-refractivity contribution in [1.82, 2.24) is 0 Å². The van der Waals surface area contributed by atoms with Crippen LogP contribution in [0.2, 0.25) is 0 Å². The van der Waals surface area contributed by atoms with E-state index in [0.29, 0.717) is 6.07 Å². The fourth-order valence-corrected chi connectivity index (χ4v) is 1.60. The smallest absolute Gasteiger partial charge is 0.377 e. The van der Waals surface area contributed by atoms with Crippen molar-refractivity contribution in [2.75, 3.05) is 6.61 Å². The van der Waals surface area contributed by atoms with Gasteiger partial charge in [-0.25, -0.2) is 13.6 Å². The molecule has 0 spiro atoms. The molecule has 2 rings (SSSR count). The summed E-state index contributed by atoms with van der Waals surface area (Å²) >= 11 is 0. The lowest BCUT2D eigenvalue weighted by Crippen LogP contribution is -2.16. The standard InChI is InChI=1S/C10H6F2O4/c11-5-3-6(12)7(8(13)10(14)15)9-4(5)1-2-16-9/h3H,1-2H2,(H,14,15). The number of halogens is 2. The zero-order chi connectivity index (χ0) is 11.9. The Bertz CT molecular complexity index is 496. The normalized spacial score (nSPS) is 13.1. The van der Waals surface area contributed by atoms with Crippen molar-refractivity contribution < 1.29 is 28.2 Å². The number of hydrogen-bond donors (Lipinski definition) is 1. The number of carboxylic acid groups (broad SMARTS) is 1. The Hall–Kier alpha value is -1.98. The second-order valence-corrected chi connectivity index (χ2v) is 3.26. The highest BCUT2D eigenvalue weighted by atomic mass is 19.1. The maximum atomic E-state index is 13.3. The summed E-state index contributed by atoms with van der Waals surface area (Å²) in [5.74, 6) is -5.57. The van der Waals surface area contributed by atoms with Crippen LogP contribution in [0.25, 0.3) is 0 Å². The Morgan fingerprint density at radius 1 is 1.31 bits per heavy atom. The van der Waals surface area contributed by atoms with Crippen molar-refractivity contribution in [2.45, 2.75) is 6.42 Å². The van der Waals surface area contributed by atoms with Crippen LogP contribution in [-0.4, -0.2) is 23.5 Å². The van der Waals surface area contributed by atoms with Crippen molar-refractivity contribution in [2.24, 2.45) is 0 Å². The molecule has 0 saturated carbocycles. The van der Waals surface area contributed by atoms with E-state index in [0.717, 1.165) is 0 Å². The molecule has 1 N–H and O–H groups in total. The van der Waals surface area contributed by atoms with E-state index in [1.54, 1.807) is 0 Å². The number of carbonyl (C=O) groups is 2. The number of fused-ring (bicyclic) bond motifs is 1. The molecule has 0 amide bonds. The average molecular weight is 228 g/mol. The second kappa shape index (κ2) is 3.55. The SMILES string of the molecule is O=C(O)C(=O)c1c(F)cc(F)c2c1OCC2. The maximum Gasteiger partial charge on any atom is 0.377 e. The van der Waals surface area contributed by atoms with Gasteiger partial charge >= 0.3 is 5.97 Å². The van der Waals surface area contributed by atoms with E-state index in [-0.39, 0.29) is 24.3 Å². The lowest BCUT2D eigenvalue weighted by molar-refractivity contribution is -0.131. The number of rotatable bonds is 2. The third-order valence-electron chi connectivity index (χ3n) is 2.30. The monoisotopic (exact) mass is 228 g/mol. The van der Waals surface area contributed by atoms with Gasteiger partial charge in [0.15, 0.2) is 0 Å². The highest BCUT2D eigenvalue weighted by molar-refractivity contribution is 6.40. The number of carbonyl (C=O) groups excluding carboxylic acids is 1. The van der Waals surface area contributed by atoms with E-state index in [1.807, 2.05) is 0 Å². The van der Waals surface area contributed by atoms with Crippen molar-refractivity contribution in [1.29, 1.82) is 0 Å². The van der Waals surface area contributed by atoms with Gasteiger partial charge in [0, 0.05) is 18.1 Å². The molecule has 16 heavy (non-hydrogen) atoms. The van der Waals surface area contributed by atoms with E-state index in [9.17, 15) is 18.4 Å².